The van der Waals surface area contributed by atoms with Crippen molar-refractivity contribution in [1.82, 2.24) is 0 Å². The molecule has 1 aliphatic heterocycles. The summed E-state index contributed by atoms with van der Waals surface area (Å²) in [6.07, 6.45) is 1.38. The fourth-order valence-corrected chi connectivity index (χ4v) is 2.32. The number of carbonyl (C=O) groups excluding carboxylic acids is 1. The minimum atomic E-state index is -0.376. The molecule has 0 amide bonds. The topological polar surface area (TPSA) is 71.3 Å². The molecule has 0 saturated carbocycles. The summed E-state index contributed by atoms with van der Waals surface area (Å²) in [5.41, 5.74) is 1.08. The first-order valence-electron chi connectivity index (χ1n) is 7.24. The Morgan fingerprint density at radius 3 is 2.54 bits per heavy atom. The number of fused-ring (bicyclic) bond motifs is 1. The van der Waals surface area contributed by atoms with E-state index in [4.69, 9.17) is 21.1 Å². The second-order valence-corrected chi connectivity index (χ2v) is 5.45. The zero-order chi connectivity index (χ0) is 16.9. The van der Waals surface area contributed by atoms with Gasteiger partial charge in [0.15, 0.2) is 11.5 Å². The van der Waals surface area contributed by atoms with E-state index >= 15 is 0 Å². The van der Waals surface area contributed by atoms with Gasteiger partial charge in [0, 0.05) is 28.5 Å². The number of ether oxygens (including phenoxy) is 2. The largest absolute Gasteiger partial charge is 0.486 e. The van der Waals surface area contributed by atoms with Crippen LogP contribution in [0.25, 0.3) is 0 Å². The normalized spacial score (nSPS) is 13.1. The molecule has 1 N–H and O–H groups in total. The Balaban J connectivity index is 1.77. The van der Waals surface area contributed by atoms with Gasteiger partial charge in [0.05, 0.1) is 0 Å². The van der Waals surface area contributed by atoms with Gasteiger partial charge in [-0.1, -0.05) is 11.6 Å². The Morgan fingerprint density at radius 2 is 1.83 bits per heavy atom. The molecule has 3 rings (SSSR count). The number of benzene rings is 2. The predicted molar refractivity (Wildman–Crippen MR) is 90.5 cm³/mol. The molecule has 0 unspecified atom stereocenters. The first-order chi connectivity index (χ1) is 11.7. The maximum Gasteiger partial charge on any atom is 0.205 e. The van der Waals surface area contributed by atoms with E-state index in [-0.39, 0.29) is 11.4 Å². The van der Waals surface area contributed by atoms with E-state index in [1.54, 1.807) is 42.5 Å². The minimum Gasteiger partial charge on any atom is -0.486 e. The highest BCUT2D eigenvalue weighted by Gasteiger charge is 2.13. The van der Waals surface area contributed by atoms with Crippen molar-refractivity contribution in [3.63, 3.8) is 0 Å². The van der Waals surface area contributed by atoms with Crippen molar-refractivity contribution < 1.29 is 14.3 Å². The zero-order valence-corrected chi connectivity index (χ0v) is 13.3. The van der Waals surface area contributed by atoms with Crippen LogP contribution >= 0.6 is 11.6 Å². The van der Waals surface area contributed by atoms with Gasteiger partial charge in [-0.05, 0) is 36.4 Å². The lowest BCUT2D eigenvalue weighted by Crippen LogP contribution is -2.15. The van der Waals surface area contributed by atoms with Crippen LogP contribution < -0.4 is 14.8 Å². The number of halogens is 1. The third kappa shape index (κ3) is 3.50. The first kappa shape index (κ1) is 15.9. The maximum atomic E-state index is 12.3. The van der Waals surface area contributed by atoms with Crippen molar-refractivity contribution in [2.24, 2.45) is 0 Å². The van der Waals surface area contributed by atoms with E-state index in [0.717, 1.165) is 0 Å². The monoisotopic (exact) mass is 340 g/mol. The van der Waals surface area contributed by atoms with Gasteiger partial charge in [0.25, 0.3) is 0 Å². The lowest BCUT2D eigenvalue weighted by Gasteiger charge is -2.18. The molecule has 0 aromatic heterocycles. The highest BCUT2D eigenvalue weighted by molar-refractivity contribution is 6.30. The van der Waals surface area contributed by atoms with E-state index in [1.807, 2.05) is 6.07 Å². The quantitative estimate of drug-likeness (QED) is 0.520. The first-order valence-corrected chi connectivity index (χ1v) is 7.62. The molecule has 0 spiro atoms. The van der Waals surface area contributed by atoms with Crippen molar-refractivity contribution in [2.45, 2.75) is 0 Å². The Bertz CT molecular complexity index is 838. The van der Waals surface area contributed by atoms with E-state index in [2.05, 4.69) is 5.32 Å². The summed E-state index contributed by atoms with van der Waals surface area (Å²) in [6.45, 7) is 1.01. The highest BCUT2D eigenvalue weighted by atomic mass is 35.5. The van der Waals surface area contributed by atoms with Crippen molar-refractivity contribution in [1.29, 1.82) is 5.26 Å². The number of nitriles is 1. The fourth-order valence-electron chi connectivity index (χ4n) is 2.19. The smallest absolute Gasteiger partial charge is 0.205 e. The van der Waals surface area contributed by atoms with Crippen LogP contribution in [0.3, 0.4) is 0 Å². The molecule has 6 heteroatoms. The Hall–Kier alpha value is -2.97. The van der Waals surface area contributed by atoms with Gasteiger partial charge in [-0.25, -0.2) is 0 Å². The second kappa shape index (κ2) is 7.07. The van der Waals surface area contributed by atoms with Gasteiger partial charge in [-0.3, -0.25) is 4.79 Å². The van der Waals surface area contributed by atoms with Crippen molar-refractivity contribution in [2.75, 3.05) is 18.5 Å². The Morgan fingerprint density at radius 1 is 1.12 bits per heavy atom. The van der Waals surface area contributed by atoms with E-state index in [9.17, 15) is 10.1 Å². The summed E-state index contributed by atoms with van der Waals surface area (Å²) in [6, 6.07) is 13.6. The number of ketones is 1. The van der Waals surface area contributed by atoms with Crippen LogP contribution in [0.1, 0.15) is 10.4 Å². The summed E-state index contributed by atoms with van der Waals surface area (Å²) in [7, 11) is 0. The molecule has 2 aromatic carbocycles. The number of nitrogens with one attached hydrogen (secondary N) is 1. The summed E-state index contributed by atoms with van der Waals surface area (Å²) in [4.78, 5) is 12.3. The number of hydrogen-bond acceptors (Lipinski definition) is 5. The van der Waals surface area contributed by atoms with Crippen LogP contribution in [0, 0.1) is 11.3 Å². The lowest BCUT2D eigenvalue weighted by atomic mass is 10.1. The summed E-state index contributed by atoms with van der Waals surface area (Å²) < 4.78 is 10.9. The van der Waals surface area contributed by atoms with E-state index in [1.165, 1.54) is 6.20 Å². The van der Waals surface area contributed by atoms with Gasteiger partial charge in [-0.15, -0.1) is 0 Å². The molecule has 0 atom stereocenters. The molecular weight excluding hydrogens is 328 g/mol. The molecule has 0 saturated heterocycles. The third-order valence-corrected chi connectivity index (χ3v) is 3.65. The molecule has 0 fully saturated rings. The number of nitrogens with zero attached hydrogens (tertiary/aromatic N) is 1. The summed E-state index contributed by atoms with van der Waals surface area (Å²) >= 11 is 5.80. The molecule has 1 aliphatic rings. The Labute approximate surface area is 144 Å². The number of allylic oxidation sites excluding steroid dienone is 1. The average molecular weight is 341 g/mol. The van der Waals surface area contributed by atoms with E-state index in [0.29, 0.717) is 41.0 Å². The molecule has 0 bridgehead atoms. The fraction of sp³-hybridized carbons (Fsp3) is 0.111. The predicted octanol–water partition coefficient (Wildman–Crippen LogP) is 3.81. The van der Waals surface area contributed by atoms with Crippen molar-refractivity contribution in [3.05, 3.63) is 64.8 Å². The maximum absolute atomic E-state index is 12.3. The highest BCUT2D eigenvalue weighted by Crippen LogP contribution is 2.32. The standard InChI is InChI=1S/C18H13ClN2O3/c19-14-3-1-12(2-4-14)18(22)13(10-20)11-21-15-5-6-16-17(9-15)24-8-7-23-16/h1-6,9,11,21H,7-8H2. The Kier molecular flexibility index (Phi) is 4.69. The molecule has 120 valence electrons. The van der Waals surface area contributed by atoms with Crippen LogP contribution in [0.15, 0.2) is 54.2 Å². The van der Waals surface area contributed by atoms with Gasteiger partial charge in [-0.2, -0.15) is 5.26 Å². The lowest BCUT2D eigenvalue weighted by molar-refractivity contribution is 0.103. The molecule has 1 heterocycles. The van der Waals surface area contributed by atoms with Crippen LogP contribution in [-0.2, 0) is 0 Å². The van der Waals surface area contributed by atoms with Crippen LogP contribution in [0.4, 0.5) is 5.69 Å². The van der Waals surface area contributed by atoms with Crippen LogP contribution in [0.2, 0.25) is 5.02 Å². The molecule has 0 aliphatic carbocycles. The summed E-state index contributed by atoms with van der Waals surface area (Å²) in [5.74, 6) is 0.926. The number of rotatable bonds is 4. The van der Waals surface area contributed by atoms with Gasteiger partial charge < -0.3 is 14.8 Å². The molecular formula is C18H13ClN2O3. The molecule has 5 nitrogen and oxygen atoms in total. The third-order valence-electron chi connectivity index (χ3n) is 3.40. The number of anilines is 1. The molecule has 2 aromatic rings. The zero-order valence-electron chi connectivity index (χ0n) is 12.6. The minimum absolute atomic E-state index is 0.00721. The number of hydrogen-bond donors (Lipinski definition) is 1. The average Bonchev–Trinajstić information content (AvgIpc) is 2.62. The van der Waals surface area contributed by atoms with Crippen molar-refractivity contribution in [3.8, 4) is 17.6 Å². The van der Waals surface area contributed by atoms with Crippen LogP contribution in [-0.4, -0.2) is 19.0 Å². The molecule has 24 heavy (non-hydrogen) atoms. The second-order valence-electron chi connectivity index (χ2n) is 5.01. The van der Waals surface area contributed by atoms with Gasteiger partial charge in [0.1, 0.15) is 24.9 Å². The SMILES string of the molecule is N#CC(=CNc1ccc2c(c1)OCCO2)C(=O)c1ccc(Cl)cc1. The summed E-state index contributed by atoms with van der Waals surface area (Å²) in [5, 5.41) is 12.7. The van der Waals surface area contributed by atoms with Gasteiger partial charge >= 0.3 is 0 Å². The van der Waals surface area contributed by atoms with Crippen molar-refractivity contribution >= 4 is 23.1 Å². The number of Topliss-reactive ketones (excluding diaryl/α,β-unsaturated/α-hetero) is 1. The van der Waals surface area contributed by atoms with Gasteiger partial charge in [0.2, 0.25) is 5.78 Å². The molecule has 0 radical (unpaired) electrons. The number of carbonyl (C=O) groups is 1. The van der Waals surface area contributed by atoms with E-state index < -0.39 is 0 Å². The van der Waals surface area contributed by atoms with Crippen LogP contribution in [0.5, 0.6) is 11.5 Å².